The smallest absolute Gasteiger partial charge is 0.254 e. The average molecular weight is 461 g/mol. The van der Waals surface area contributed by atoms with Crippen LogP contribution in [0, 0.1) is 11.3 Å². The number of carbonyl (C=O) groups is 1. The van der Waals surface area contributed by atoms with E-state index in [0.29, 0.717) is 5.56 Å². The second kappa shape index (κ2) is 9.40. The van der Waals surface area contributed by atoms with E-state index in [1.165, 1.54) is 9.77 Å². The minimum absolute atomic E-state index is 0.0853. The number of benzene rings is 2. The van der Waals surface area contributed by atoms with Gasteiger partial charge in [-0.2, -0.15) is 5.26 Å². The van der Waals surface area contributed by atoms with Crippen LogP contribution in [0.1, 0.15) is 47.2 Å². The number of nitriles is 1. The lowest BCUT2D eigenvalue weighted by atomic mass is 9.98. The Bertz CT molecular complexity index is 1110. The SMILES string of the molecule is N#Cc1cccc(OC2CC3CCC(C2)N3C(=O)c2ccc(CSc3cccs3)cc2)c1. The van der Waals surface area contributed by atoms with Gasteiger partial charge in [0.15, 0.2) is 0 Å². The van der Waals surface area contributed by atoms with E-state index in [1.54, 1.807) is 23.5 Å². The molecule has 0 spiro atoms. The Morgan fingerprint density at radius 2 is 1.88 bits per heavy atom. The summed E-state index contributed by atoms with van der Waals surface area (Å²) in [6.07, 6.45) is 3.83. The molecular weight excluding hydrogens is 436 g/mol. The number of hydrogen-bond acceptors (Lipinski definition) is 5. The minimum Gasteiger partial charge on any atom is -0.490 e. The lowest BCUT2D eigenvalue weighted by molar-refractivity contribution is 0.0359. The topological polar surface area (TPSA) is 53.3 Å². The Hall–Kier alpha value is -2.75. The molecule has 0 aliphatic carbocycles. The minimum atomic E-state index is 0.0853. The zero-order valence-corrected chi connectivity index (χ0v) is 19.3. The fourth-order valence-electron chi connectivity index (χ4n) is 4.78. The average Bonchev–Trinajstić information content (AvgIpc) is 3.44. The molecule has 2 unspecified atom stereocenters. The van der Waals surface area contributed by atoms with Crippen molar-refractivity contribution in [3.05, 3.63) is 82.7 Å². The van der Waals surface area contributed by atoms with E-state index in [-0.39, 0.29) is 24.1 Å². The van der Waals surface area contributed by atoms with Crippen molar-refractivity contribution in [1.82, 2.24) is 4.90 Å². The van der Waals surface area contributed by atoms with Gasteiger partial charge in [0.05, 0.1) is 15.8 Å². The third kappa shape index (κ3) is 4.55. The fourth-order valence-corrected chi connectivity index (χ4v) is 6.52. The first kappa shape index (κ1) is 21.1. The summed E-state index contributed by atoms with van der Waals surface area (Å²) in [5.74, 6) is 1.79. The highest BCUT2D eigenvalue weighted by Gasteiger charge is 2.44. The van der Waals surface area contributed by atoms with Crippen LogP contribution >= 0.6 is 23.1 Å². The molecule has 1 aromatic heterocycles. The third-order valence-electron chi connectivity index (χ3n) is 6.27. The van der Waals surface area contributed by atoms with Crippen molar-refractivity contribution in [2.75, 3.05) is 0 Å². The van der Waals surface area contributed by atoms with Gasteiger partial charge in [0.1, 0.15) is 11.9 Å². The van der Waals surface area contributed by atoms with Crippen LogP contribution in [-0.4, -0.2) is 29.0 Å². The number of nitrogens with zero attached hydrogens (tertiary/aromatic N) is 2. The van der Waals surface area contributed by atoms with Crippen LogP contribution in [0.3, 0.4) is 0 Å². The Labute approximate surface area is 196 Å². The molecule has 2 bridgehead atoms. The van der Waals surface area contributed by atoms with Crippen molar-refractivity contribution >= 4 is 29.0 Å². The Morgan fingerprint density at radius 1 is 1.09 bits per heavy atom. The fraction of sp³-hybridized carbons (Fsp3) is 0.308. The van der Waals surface area contributed by atoms with Crippen LogP contribution in [0.5, 0.6) is 5.75 Å². The zero-order chi connectivity index (χ0) is 21.9. The van der Waals surface area contributed by atoms with Gasteiger partial charge < -0.3 is 9.64 Å². The van der Waals surface area contributed by atoms with E-state index in [4.69, 9.17) is 10.00 Å². The number of ether oxygens (including phenoxy) is 1. The molecule has 3 aromatic rings. The van der Waals surface area contributed by atoms with Crippen LogP contribution in [0.4, 0.5) is 0 Å². The highest BCUT2D eigenvalue weighted by atomic mass is 32.2. The van der Waals surface area contributed by atoms with E-state index >= 15 is 0 Å². The van der Waals surface area contributed by atoms with Crippen molar-refractivity contribution in [3.63, 3.8) is 0 Å². The molecule has 32 heavy (non-hydrogen) atoms. The van der Waals surface area contributed by atoms with Gasteiger partial charge in [0.2, 0.25) is 0 Å². The summed E-state index contributed by atoms with van der Waals surface area (Å²) >= 11 is 3.58. The van der Waals surface area contributed by atoms with Crippen molar-refractivity contribution in [1.29, 1.82) is 5.26 Å². The summed E-state index contributed by atoms with van der Waals surface area (Å²) in [6, 6.07) is 22.2. The Balaban J connectivity index is 1.21. The molecule has 2 aromatic carbocycles. The summed E-state index contributed by atoms with van der Waals surface area (Å²) < 4.78 is 7.51. The van der Waals surface area contributed by atoms with E-state index in [0.717, 1.165) is 42.7 Å². The van der Waals surface area contributed by atoms with Crippen LogP contribution in [-0.2, 0) is 5.75 Å². The highest BCUT2D eigenvalue weighted by Crippen LogP contribution is 2.38. The Morgan fingerprint density at radius 3 is 2.56 bits per heavy atom. The zero-order valence-electron chi connectivity index (χ0n) is 17.6. The quantitative estimate of drug-likeness (QED) is 0.416. The molecule has 162 valence electrons. The van der Waals surface area contributed by atoms with Crippen LogP contribution in [0.25, 0.3) is 0 Å². The summed E-state index contributed by atoms with van der Waals surface area (Å²) in [6.45, 7) is 0. The second-order valence-electron chi connectivity index (χ2n) is 8.37. The van der Waals surface area contributed by atoms with Gasteiger partial charge in [0, 0.05) is 36.2 Å². The largest absolute Gasteiger partial charge is 0.490 e. The van der Waals surface area contributed by atoms with Gasteiger partial charge in [-0.15, -0.1) is 23.1 Å². The number of rotatable bonds is 6. The predicted octanol–water partition coefficient (Wildman–Crippen LogP) is 6.13. The number of carbonyl (C=O) groups excluding carboxylic acids is 1. The van der Waals surface area contributed by atoms with E-state index in [2.05, 4.69) is 40.6 Å². The molecule has 2 atom stereocenters. The van der Waals surface area contributed by atoms with Gasteiger partial charge in [-0.3, -0.25) is 4.79 Å². The second-order valence-corrected chi connectivity index (χ2v) is 10.6. The van der Waals surface area contributed by atoms with Crippen LogP contribution < -0.4 is 4.74 Å². The lowest BCUT2D eigenvalue weighted by Gasteiger charge is -2.39. The summed E-state index contributed by atoms with van der Waals surface area (Å²) in [5.41, 5.74) is 2.61. The maximum absolute atomic E-state index is 13.3. The summed E-state index contributed by atoms with van der Waals surface area (Å²) in [7, 11) is 0. The van der Waals surface area contributed by atoms with E-state index in [9.17, 15) is 4.79 Å². The highest BCUT2D eigenvalue weighted by molar-refractivity contribution is 8.00. The normalized spacial score (nSPS) is 21.8. The molecule has 2 aliphatic heterocycles. The third-order valence-corrected chi connectivity index (χ3v) is 8.47. The number of thioether (sulfide) groups is 1. The summed E-state index contributed by atoms with van der Waals surface area (Å²) in [4.78, 5) is 15.4. The van der Waals surface area contributed by atoms with Gasteiger partial charge >= 0.3 is 0 Å². The maximum Gasteiger partial charge on any atom is 0.254 e. The lowest BCUT2D eigenvalue weighted by Crippen LogP contribution is -2.49. The van der Waals surface area contributed by atoms with Gasteiger partial charge in [0.25, 0.3) is 5.91 Å². The van der Waals surface area contributed by atoms with Gasteiger partial charge in [-0.1, -0.05) is 24.3 Å². The number of hydrogen-bond donors (Lipinski definition) is 0. The Kier molecular flexibility index (Phi) is 6.20. The summed E-state index contributed by atoms with van der Waals surface area (Å²) in [5, 5.41) is 11.2. The first-order chi connectivity index (χ1) is 15.7. The monoisotopic (exact) mass is 460 g/mol. The standard InChI is InChI=1S/C26H24N2O2S2/c27-16-19-3-1-4-23(13-19)30-24-14-21-10-11-22(15-24)28(21)26(29)20-8-6-18(7-9-20)17-32-25-5-2-12-31-25/h1-9,12-13,21-22,24H,10-11,14-15,17H2. The maximum atomic E-state index is 13.3. The molecule has 1 amide bonds. The molecule has 0 saturated carbocycles. The molecule has 5 rings (SSSR count). The number of amides is 1. The molecule has 2 saturated heterocycles. The van der Waals surface area contributed by atoms with Crippen LogP contribution in [0.15, 0.2) is 70.3 Å². The molecule has 2 aliphatic rings. The van der Waals surface area contributed by atoms with Gasteiger partial charge in [-0.05, 0) is 60.2 Å². The van der Waals surface area contributed by atoms with Gasteiger partial charge in [-0.25, -0.2) is 0 Å². The first-order valence-corrected chi connectivity index (χ1v) is 12.8. The van der Waals surface area contributed by atoms with Crippen molar-refractivity contribution in [2.24, 2.45) is 0 Å². The molecule has 3 heterocycles. The number of piperidine rings is 1. The van der Waals surface area contributed by atoms with E-state index < -0.39 is 0 Å². The van der Waals surface area contributed by atoms with Crippen LogP contribution in [0.2, 0.25) is 0 Å². The molecule has 2 fully saturated rings. The predicted molar refractivity (Wildman–Crippen MR) is 128 cm³/mol. The molecule has 6 heteroatoms. The molecular formula is C26H24N2O2S2. The number of thiophene rings is 1. The van der Waals surface area contributed by atoms with Crippen molar-refractivity contribution in [3.8, 4) is 11.8 Å². The first-order valence-electron chi connectivity index (χ1n) is 10.9. The van der Waals surface area contributed by atoms with Crippen molar-refractivity contribution in [2.45, 2.75) is 53.8 Å². The molecule has 0 radical (unpaired) electrons. The number of fused-ring (bicyclic) bond motifs is 2. The molecule has 0 N–H and O–H groups in total. The van der Waals surface area contributed by atoms with Crippen molar-refractivity contribution < 1.29 is 9.53 Å². The van der Waals surface area contributed by atoms with E-state index in [1.807, 2.05) is 36.0 Å². The molecule has 4 nitrogen and oxygen atoms in total.